The highest BCUT2D eigenvalue weighted by Crippen LogP contribution is 2.49. The molecule has 0 saturated heterocycles. The minimum Gasteiger partial charge on any atom is -0.366 e. The Morgan fingerprint density at radius 1 is 1.39 bits per heavy atom. The molecule has 1 aromatic carbocycles. The maximum atomic E-state index is 11.6. The van der Waals surface area contributed by atoms with E-state index in [1.165, 1.54) is 5.56 Å². The summed E-state index contributed by atoms with van der Waals surface area (Å²) in [5, 5.41) is 0.749. The van der Waals surface area contributed by atoms with Crippen molar-refractivity contribution in [3.05, 3.63) is 57.1 Å². The van der Waals surface area contributed by atoms with Gasteiger partial charge in [-0.2, -0.15) is 0 Å². The Bertz CT molecular complexity index is 651. The molecule has 0 aliphatic heterocycles. The van der Waals surface area contributed by atoms with E-state index in [9.17, 15) is 4.79 Å². The number of hydrogen-bond acceptors (Lipinski definition) is 1. The van der Waals surface area contributed by atoms with Crippen molar-refractivity contribution in [2.45, 2.75) is 33.1 Å². The Kier molecular flexibility index (Phi) is 6.10. The number of nitrogens with two attached hydrogens (primary N) is 1. The number of amides is 1. The number of primary amides is 1. The maximum Gasteiger partial charge on any atom is 0.244 e. The zero-order valence-electron chi connectivity index (χ0n) is 13.7. The third-order valence-electron chi connectivity index (χ3n) is 4.62. The summed E-state index contributed by atoms with van der Waals surface area (Å²) in [6.07, 6.45) is 7.13. The summed E-state index contributed by atoms with van der Waals surface area (Å²) < 4.78 is 0.923. The zero-order valence-corrected chi connectivity index (χ0v) is 16.1. The fourth-order valence-electron chi connectivity index (χ4n) is 2.67. The van der Waals surface area contributed by atoms with Crippen LogP contribution in [0.4, 0.5) is 0 Å². The molecule has 0 aromatic heterocycles. The lowest BCUT2D eigenvalue weighted by Gasteiger charge is -2.16. The second-order valence-electron chi connectivity index (χ2n) is 6.58. The van der Waals surface area contributed by atoms with Crippen LogP contribution < -0.4 is 5.73 Å². The monoisotopic (exact) mass is 395 g/mol. The summed E-state index contributed by atoms with van der Waals surface area (Å²) in [4.78, 5) is 11.6. The van der Waals surface area contributed by atoms with Gasteiger partial charge in [0.2, 0.25) is 5.91 Å². The van der Waals surface area contributed by atoms with Gasteiger partial charge >= 0.3 is 0 Å². The van der Waals surface area contributed by atoms with Crippen molar-refractivity contribution >= 4 is 33.4 Å². The molecule has 0 bridgehead atoms. The molecule has 2 N–H and O–H groups in total. The van der Waals surface area contributed by atoms with E-state index in [4.69, 9.17) is 17.3 Å². The molecule has 1 aliphatic carbocycles. The molecular formula is C19H23BrClNO. The van der Waals surface area contributed by atoms with Crippen molar-refractivity contribution in [2.75, 3.05) is 0 Å². The minimum absolute atomic E-state index is 0.164. The highest BCUT2D eigenvalue weighted by molar-refractivity contribution is 9.10. The molecule has 2 nitrogen and oxygen atoms in total. The topological polar surface area (TPSA) is 43.1 Å². The molecule has 4 heteroatoms. The highest BCUT2D eigenvalue weighted by atomic mass is 79.9. The van der Waals surface area contributed by atoms with Gasteiger partial charge in [0.15, 0.2) is 0 Å². The van der Waals surface area contributed by atoms with Crippen molar-refractivity contribution < 1.29 is 4.79 Å². The molecule has 1 saturated carbocycles. The fourth-order valence-corrected chi connectivity index (χ4v) is 3.11. The average Bonchev–Trinajstić information content (AvgIpc) is 3.25. The van der Waals surface area contributed by atoms with Crippen molar-refractivity contribution in [2.24, 2.45) is 23.5 Å². The van der Waals surface area contributed by atoms with Crippen LogP contribution in [0.5, 0.6) is 0 Å². The van der Waals surface area contributed by atoms with Crippen LogP contribution in [-0.2, 0) is 4.79 Å². The predicted octanol–water partition coefficient (Wildman–Crippen LogP) is 5.47. The van der Waals surface area contributed by atoms with Crippen molar-refractivity contribution in [1.82, 2.24) is 0 Å². The standard InChI is InChI=1S/C19H23BrClNO/c1-11(2)12(3)15(19(22)23)6-4-5-13-9-16(13)14-7-8-17(20)18(21)10-14/h4-8,10-13,16H,9H2,1-3H3,(H2,22,23)/b5-4+,15-6+. The molecule has 1 fully saturated rings. The zero-order chi connectivity index (χ0) is 17.1. The summed E-state index contributed by atoms with van der Waals surface area (Å²) in [6.45, 7) is 6.23. The van der Waals surface area contributed by atoms with E-state index in [1.807, 2.05) is 31.2 Å². The van der Waals surface area contributed by atoms with Gasteiger partial charge in [-0.1, -0.05) is 56.7 Å². The smallest absolute Gasteiger partial charge is 0.244 e. The summed E-state index contributed by atoms with van der Waals surface area (Å²) in [5.41, 5.74) is 7.46. The van der Waals surface area contributed by atoms with Crippen LogP contribution in [0.3, 0.4) is 0 Å². The second-order valence-corrected chi connectivity index (χ2v) is 7.84. The molecule has 1 aromatic rings. The lowest BCUT2D eigenvalue weighted by atomic mass is 9.89. The van der Waals surface area contributed by atoms with Crippen LogP contribution in [0.15, 0.2) is 46.5 Å². The first-order chi connectivity index (χ1) is 10.8. The Morgan fingerprint density at radius 2 is 2.09 bits per heavy atom. The Balaban J connectivity index is 2.02. The molecule has 0 heterocycles. The minimum atomic E-state index is -0.331. The number of hydrogen-bond donors (Lipinski definition) is 1. The molecule has 3 atom stereocenters. The average molecular weight is 397 g/mol. The summed E-state index contributed by atoms with van der Waals surface area (Å²) in [7, 11) is 0. The molecule has 2 rings (SSSR count). The van der Waals surface area contributed by atoms with E-state index >= 15 is 0 Å². The van der Waals surface area contributed by atoms with Crippen molar-refractivity contribution in [1.29, 1.82) is 0 Å². The van der Waals surface area contributed by atoms with Gasteiger partial charge in [0, 0.05) is 10.0 Å². The third-order valence-corrected chi connectivity index (χ3v) is 5.85. The number of rotatable bonds is 6. The number of carbonyl (C=O) groups excluding carboxylic acids is 1. The number of halogens is 2. The number of carbonyl (C=O) groups is 1. The van der Waals surface area contributed by atoms with E-state index in [2.05, 4.69) is 41.9 Å². The first kappa shape index (κ1) is 18.3. The predicted molar refractivity (Wildman–Crippen MR) is 100 cm³/mol. The van der Waals surface area contributed by atoms with Crippen LogP contribution >= 0.6 is 27.5 Å². The SMILES string of the molecule is CC(C)C(C)/C(=C\C=C\C1CC1c1ccc(Br)c(Cl)c1)C(N)=O. The normalized spacial score (nSPS) is 22.6. The Hall–Kier alpha value is -1.06. The van der Waals surface area contributed by atoms with Gasteiger partial charge in [0.25, 0.3) is 0 Å². The molecule has 23 heavy (non-hydrogen) atoms. The fraction of sp³-hybridized carbons (Fsp3) is 0.421. The van der Waals surface area contributed by atoms with Crippen LogP contribution in [0.1, 0.15) is 38.7 Å². The van der Waals surface area contributed by atoms with E-state index < -0.39 is 0 Å². The lowest BCUT2D eigenvalue weighted by Crippen LogP contribution is -2.21. The van der Waals surface area contributed by atoms with Crippen LogP contribution in [0.25, 0.3) is 0 Å². The Morgan fingerprint density at radius 3 is 2.65 bits per heavy atom. The molecule has 124 valence electrons. The number of benzene rings is 1. The quantitative estimate of drug-likeness (QED) is 0.503. The van der Waals surface area contributed by atoms with Gasteiger partial charge < -0.3 is 5.73 Å². The Labute approximate surface area is 151 Å². The van der Waals surface area contributed by atoms with E-state index in [1.54, 1.807) is 0 Å². The molecule has 1 aliphatic rings. The summed E-state index contributed by atoms with van der Waals surface area (Å²) in [5.74, 6) is 1.25. The van der Waals surface area contributed by atoms with Gasteiger partial charge in [0.1, 0.15) is 0 Å². The maximum absolute atomic E-state index is 11.6. The molecule has 0 spiro atoms. The molecular weight excluding hydrogens is 374 g/mol. The van der Waals surface area contributed by atoms with E-state index in [0.29, 0.717) is 23.3 Å². The van der Waals surface area contributed by atoms with E-state index in [-0.39, 0.29) is 11.8 Å². The van der Waals surface area contributed by atoms with E-state index in [0.717, 1.165) is 15.9 Å². The number of allylic oxidation sites excluding steroid dienone is 3. The molecule has 1 amide bonds. The first-order valence-electron chi connectivity index (χ1n) is 7.94. The lowest BCUT2D eigenvalue weighted by molar-refractivity contribution is -0.115. The van der Waals surface area contributed by atoms with Crippen LogP contribution in [-0.4, -0.2) is 5.91 Å². The van der Waals surface area contributed by atoms with Gasteiger partial charge in [-0.15, -0.1) is 0 Å². The van der Waals surface area contributed by atoms with Gasteiger partial charge in [0.05, 0.1) is 5.02 Å². The van der Waals surface area contributed by atoms with Gasteiger partial charge in [-0.3, -0.25) is 4.79 Å². The van der Waals surface area contributed by atoms with Gasteiger partial charge in [-0.25, -0.2) is 0 Å². The second kappa shape index (κ2) is 7.67. The molecule has 0 radical (unpaired) electrons. The van der Waals surface area contributed by atoms with Crippen molar-refractivity contribution in [3.63, 3.8) is 0 Å². The highest BCUT2D eigenvalue weighted by Gasteiger charge is 2.36. The summed E-state index contributed by atoms with van der Waals surface area (Å²) in [6, 6.07) is 6.13. The van der Waals surface area contributed by atoms with Crippen molar-refractivity contribution in [3.8, 4) is 0 Å². The van der Waals surface area contributed by atoms with Crippen LogP contribution in [0, 0.1) is 17.8 Å². The van der Waals surface area contributed by atoms with Gasteiger partial charge in [-0.05, 0) is 63.7 Å². The third kappa shape index (κ3) is 4.71. The largest absolute Gasteiger partial charge is 0.366 e. The van der Waals surface area contributed by atoms with Crippen LogP contribution in [0.2, 0.25) is 5.02 Å². The summed E-state index contributed by atoms with van der Waals surface area (Å²) >= 11 is 9.57. The first-order valence-corrected chi connectivity index (χ1v) is 9.11. The molecule has 3 unspecified atom stereocenters.